The van der Waals surface area contributed by atoms with Gasteiger partial charge in [0.1, 0.15) is 11.4 Å². The molecule has 1 fully saturated rings. The van der Waals surface area contributed by atoms with E-state index >= 15 is 0 Å². The topological polar surface area (TPSA) is 92.7 Å². The average Bonchev–Trinajstić information content (AvgIpc) is 2.73. The zero-order valence-corrected chi connectivity index (χ0v) is 17.7. The van der Waals surface area contributed by atoms with Crippen LogP contribution in [0.3, 0.4) is 0 Å². The van der Waals surface area contributed by atoms with Crippen LogP contribution in [0.25, 0.3) is 0 Å². The summed E-state index contributed by atoms with van der Waals surface area (Å²) in [6.45, 7) is 9.69. The normalized spacial score (nSPS) is 16.8. The third-order valence-corrected chi connectivity index (χ3v) is 4.93. The Balaban J connectivity index is 1.46. The van der Waals surface area contributed by atoms with Gasteiger partial charge in [0.05, 0.1) is 25.5 Å². The number of morpholine rings is 1. The molecule has 1 amide bonds. The fourth-order valence-corrected chi connectivity index (χ4v) is 3.44. The van der Waals surface area contributed by atoms with Gasteiger partial charge >= 0.3 is 6.09 Å². The summed E-state index contributed by atoms with van der Waals surface area (Å²) >= 11 is 0. The van der Waals surface area contributed by atoms with Crippen molar-refractivity contribution < 1.29 is 14.3 Å². The molecule has 0 spiro atoms. The molecule has 9 nitrogen and oxygen atoms in total. The first-order valence-electron chi connectivity index (χ1n) is 10.3. The minimum Gasteiger partial charge on any atom is -0.444 e. The maximum Gasteiger partial charge on any atom is 0.410 e. The number of carbonyl (C=O) groups excluding carboxylic acids is 1. The summed E-state index contributed by atoms with van der Waals surface area (Å²) in [6, 6.07) is 3.88. The van der Waals surface area contributed by atoms with Crippen molar-refractivity contribution in [3.05, 3.63) is 35.8 Å². The van der Waals surface area contributed by atoms with E-state index in [1.807, 2.05) is 39.1 Å². The molecule has 1 saturated heterocycles. The van der Waals surface area contributed by atoms with Crippen LogP contribution in [0.4, 0.5) is 22.2 Å². The van der Waals surface area contributed by atoms with Crippen molar-refractivity contribution in [2.45, 2.75) is 39.3 Å². The summed E-state index contributed by atoms with van der Waals surface area (Å²) in [4.78, 5) is 29.9. The molecule has 0 saturated carbocycles. The molecule has 0 aliphatic carbocycles. The average molecular weight is 412 g/mol. The van der Waals surface area contributed by atoms with Gasteiger partial charge in [0.2, 0.25) is 5.95 Å². The number of aromatic nitrogens is 3. The zero-order valence-electron chi connectivity index (χ0n) is 17.7. The van der Waals surface area contributed by atoms with Crippen molar-refractivity contribution in [1.82, 2.24) is 19.9 Å². The van der Waals surface area contributed by atoms with E-state index in [2.05, 4.69) is 25.2 Å². The van der Waals surface area contributed by atoms with Crippen LogP contribution in [0.15, 0.2) is 24.5 Å². The van der Waals surface area contributed by atoms with Gasteiger partial charge in [0.15, 0.2) is 0 Å². The van der Waals surface area contributed by atoms with Crippen LogP contribution in [-0.4, -0.2) is 64.4 Å². The molecular formula is C21H28N6O3. The van der Waals surface area contributed by atoms with Gasteiger partial charge in [-0.1, -0.05) is 0 Å². The molecule has 2 aromatic rings. The van der Waals surface area contributed by atoms with Gasteiger partial charge in [-0.05, 0) is 38.8 Å². The van der Waals surface area contributed by atoms with Gasteiger partial charge in [0, 0.05) is 43.8 Å². The lowest BCUT2D eigenvalue weighted by Crippen LogP contribution is -2.40. The van der Waals surface area contributed by atoms with Gasteiger partial charge in [0.25, 0.3) is 0 Å². The van der Waals surface area contributed by atoms with Crippen LogP contribution in [0.5, 0.6) is 0 Å². The highest BCUT2D eigenvalue weighted by Gasteiger charge is 2.26. The minimum atomic E-state index is -0.519. The molecule has 4 rings (SSSR count). The van der Waals surface area contributed by atoms with Gasteiger partial charge in [-0.3, -0.25) is 0 Å². The van der Waals surface area contributed by atoms with E-state index < -0.39 is 5.60 Å². The van der Waals surface area contributed by atoms with E-state index in [0.717, 1.165) is 35.9 Å². The predicted molar refractivity (Wildman–Crippen MR) is 113 cm³/mol. The van der Waals surface area contributed by atoms with E-state index in [0.29, 0.717) is 38.7 Å². The maximum absolute atomic E-state index is 12.4. The van der Waals surface area contributed by atoms with E-state index in [-0.39, 0.29) is 6.09 Å². The first-order valence-corrected chi connectivity index (χ1v) is 10.3. The van der Waals surface area contributed by atoms with E-state index in [1.165, 1.54) is 0 Å². The van der Waals surface area contributed by atoms with Crippen molar-refractivity contribution in [3.8, 4) is 0 Å². The van der Waals surface area contributed by atoms with Crippen LogP contribution in [0.1, 0.15) is 32.0 Å². The summed E-state index contributed by atoms with van der Waals surface area (Å²) in [5.41, 5.74) is 2.25. The van der Waals surface area contributed by atoms with Crippen molar-refractivity contribution in [3.63, 3.8) is 0 Å². The third-order valence-electron chi connectivity index (χ3n) is 4.93. The van der Waals surface area contributed by atoms with Crippen LogP contribution in [0.2, 0.25) is 0 Å². The monoisotopic (exact) mass is 412 g/mol. The van der Waals surface area contributed by atoms with Gasteiger partial charge in [-0.15, -0.1) is 0 Å². The number of nitrogens with one attached hydrogen (secondary N) is 1. The van der Waals surface area contributed by atoms with E-state index in [4.69, 9.17) is 9.47 Å². The first-order chi connectivity index (χ1) is 14.4. The summed E-state index contributed by atoms with van der Waals surface area (Å²) in [5.74, 6) is 1.40. The summed E-state index contributed by atoms with van der Waals surface area (Å²) < 4.78 is 10.9. The largest absolute Gasteiger partial charge is 0.444 e. The molecule has 0 bridgehead atoms. The molecule has 0 unspecified atom stereocenters. The molecule has 4 heterocycles. The smallest absolute Gasteiger partial charge is 0.410 e. The van der Waals surface area contributed by atoms with Gasteiger partial charge in [-0.2, -0.15) is 0 Å². The Morgan fingerprint density at radius 2 is 2.00 bits per heavy atom. The number of fused-ring (bicyclic) bond motifs is 1. The molecule has 9 heteroatoms. The van der Waals surface area contributed by atoms with Gasteiger partial charge in [-0.25, -0.2) is 19.7 Å². The Labute approximate surface area is 176 Å². The number of carbonyl (C=O) groups is 1. The Hall–Kier alpha value is -2.94. The molecular weight excluding hydrogens is 384 g/mol. The highest BCUT2D eigenvalue weighted by molar-refractivity contribution is 5.68. The lowest BCUT2D eigenvalue weighted by molar-refractivity contribution is 0.0220. The van der Waals surface area contributed by atoms with Crippen LogP contribution in [0, 0.1) is 0 Å². The second kappa shape index (κ2) is 8.43. The molecule has 0 aromatic carbocycles. The van der Waals surface area contributed by atoms with Crippen molar-refractivity contribution >= 4 is 23.5 Å². The van der Waals surface area contributed by atoms with E-state index in [1.54, 1.807) is 11.1 Å². The maximum atomic E-state index is 12.4. The number of rotatable bonds is 3. The number of hydrogen-bond donors (Lipinski definition) is 1. The van der Waals surface area contributed by atoms with Crippen molar-refractivity contribution in [1.29, 1.82) is 0 Å². The fourth-order valence-electron chi connectivity index (χ4n) is 3.44. The highest BCUT2D eigenvalue weighted by Crippen LogP contribution is 2.23. The van der Waals surface area contributed by atoms with Crippen LogP contribution < -0.4 is 10.2 Å². The summed E-state index contributed by atoms with van der Waals surface area (Å²) in [6.07, 6.45) is 4.01. The second-order valence-electron chi connectivity index (χ2n) is 8.44. The number of anilines is 3. The molecule has 2 aliphatic heterocycles. The third kappa shape index (κ3) is 4.96. The number of ether oxygens (including phenoxy) is 2. The molecule has 0 radical (unpaired) electrons. The second-order valence-corrected chi connectivity index (χ2v) is 8.44. The van der Waals surface area contributed by atoms with Crippen LogP contribution >= 0.6 is 0 Å². The SMILES string of the molecule is CC(C)(C)OC(=O)N1CCc2cnc(Nc3ccnc(N4CCOCC4)c3)nc2C1. The quantitative estimate of drug-likeness (QED) is 0.823. The Morgan fingerprint density at radius 3 is 2.77 bits per heavy atom. The van der Waals surface area contributed by atoms with Crippen LogP contribution in [-0.2, 0) is 22.4 Å². The van der Waals surface area contributed by atoms with E-state index in [9.17, 15) is 4.79 Å². The molecule has 2 aliphatic rings. The number of pyridine rings is 1. The lowest BCUT2D eigenvalue weighted by atomic mass is 10.1. The Bertz CT molecular complexity index is 908. The molecule has 160 valence electrons. The van der Waals surface area contributed by atoms with Crippen molar-refractivity contribution in [2.24, 2.45) is 0 Å². The molecule has 2 aromatic heterocycles. The standard InChI is InChI=1S/C21H28N6O3/c1-21(2,3)30-20(28)27-7-5-15-13-23-19(25-17(15)14-27)24-16-4-6-22-18(12-16)26-8-10-29-11-9-26/h4,6,12-13H,5,7-11,14H2,1-3H3,(H,22,23,24,25). The zero-order chi connectivity index (χ0) is 21.1. The fraction of sp³-hybridized carbons (Fsp3) is 0.524. The first kappa shape index (κ1) is 20.3. The number of nitrogens with zero attached hydrogens (tertiary/aromatic N) is 5. The Kier molecular flexibility index (Phi) is 5.72. The molecule has 1 N–H and O–H groups in total. The number of hydrogen-bond acceptors (Lipinski definition) is 8. The Morgan fingerprint density at radius 1 is 1.20 bits per heavy atom. The summed E-state index contributed by atoms with van der Waals surface area (Å²) in [5, 5.41) is 3.26. The lowest BCUT2D eigenvalue weighted by Gasteiger charge is -2.30. The molecule has 30 heavy (non-hydrogen) atoms. The van der Waals surface area contributed by atoms with Crippen molar-refractivity contribution in [2.75, 3.05) is 43.1 Å². The predicted octanol–water partition coefficient (Wildman–Crippen LogP) is 2.75. The minimum absolute atomic E-state index is 0.314. The number of amides is 1. The highest BCUT2D eigenvalue weighted by atomic mass is 16.6. The van der Waals surface area contributed by atoms with Gasteiger partial charge < -0.3 is 24.6 Å². The molecule has 0 atom stereocenters. The summed E-state index contributed by atoms with van der Waals surface area (Å²) in [7, 11) is 0.